The van der Waals surface area contributed by atoms with E-state index in [1.807, 2.05) is 27.7 Å². The van der Waals surface area contributed by atoms with Crippen molar-refractivity contribution < 1.29 is 9.53 Å². The smallest absolute Gasteiger partial charge is 0.410 e. The van der Waals surface area contributed by atoms with Crippen molar-refractivity contribution in [3.05, 3.63) is 17.5 Å². The van der Waals surface area contributed by atoms with Crippen LogP contribution < -0.4 is 4.90 Å². The molecule has 6 nitrogen and oxygen atoms in total. The molecule has 0 bridgehead atoms. The van der Waals surface area contributed by atoms with Crippen LogP contribution in [0.3, 0.4) is 0 Å². The Morgan fingerprint density at radius 1 is 1.38 bits per heavy atom. The molecule has 0 spiro atoms. The monoisotopic (exact) mass is 312 g/mol. The van der Waals surface area contributed by atoms with Gasteiger partial charge in [-0.05, 0) is 27.7 Å². The number of amides is 1. The Kier molecular flexibility index (Phi) is 4.56. The molecular formula is C14H21ClN4O2. The summed E-state index contributed by atoms with van der Waals surface area (Å²) in [4.78, 5) is 24.1. The highest BCUT2D eigenvalue weighted by Crippen LogP contribution is 2.21. The summed E-state index contributed by atoms with van der Waals surface area (Å²) in [7, 11) is 0. The zero-order valence-electron chi connectivity index (χ0n) is 12.8. The van der Waals surface area contributed by atoms with E-state index in [2.05, 4.69) is 14.9 Å². The van der Waals surface area contributed by atoms with E-state index in [4.69, 9.17) is 16.3 Å². The number of carbonyl (C=O) groups is 1. The number of hydrogen-bond donors (Lipinski definition) is 0. The standard InChI is InChI=1S/C14H21ClN4O2/c1-10-8-18(13(20)21-14(2,3)4)5-6-19(10)12-7-11(15)16-9-17-12/h7,9-10H,5-6,8H2,1-4H3/t10-/m0/s1. The normalized spacial score (nSPS) is 19.6. The van der Waals surface area contributed by atoms with Crippen LogP contribution in [0.2, 0.25) is 5.15 Å². The van der Waals surface area contributed by atoms with E-state index in [0.717, 1.165) is 5.82 Å². The summed E-state index contributed by atoms with van der Waals surface area (Å²) in [5.74, 6) is 0.784. The molecule has 0 aliphatic carbocycles. The topological polar surface area (TPSA) is 58.6 Å². The van der Waals surface area contributed by atoms with Gasteiger partial charge in [-0.25, -0.2) is 14.8 Å². The molecule has 1 aliphatic heterocycles. The molecule has 1 amide bonds. The Balaban J connectivity index is 2.01. The summed E-state index contributed by atoms with van der Waals surface area (Å²) in [6.07, 6.45) is 1.18. The lowest BCUT2D eigenvalue weighted by Crippen LogP contribution is -2.54. The van der Waals surface area contributed by atoms with Crippen molar-refractivity contribution in [3.63, 3.8) is 0 Å². The van der Waals surface area contributed by atoms with Crippen molar-refractivity contribution in [2.75, 3.05) is 24.5 Å². The van der Waals surface area contributed by atoms with Gasteiger partial charge in [0.05, 0.1) is 0 Å². The first-order valence-corrected chi connectivity index (χ1v) is 7.36. The van der Waals surface area contributed by atoms with E-state index in [1.165, 1.54) is 6.33 Å². The fourth-order valence-electron chi connectivity index (χ4n) is 2.27. The average Bonchev–Trinajstić information content (AvgIpc) is 2.36. The van der Waals surface area contributed by atoms with Crippen LogP contribution in [0.15, 0.2) is 12.4 Å². The molecule has 116 valence electrons. The average molecular weight is 313 g/mol. The molecular weight excluding hydrogens is 292 g/mol. The number of halogens is 1. The summed E-state index contributed by atoms with van der Waals surface area (Å²) in [6.45, 7) is 9.53. The van der Waals surface area contributed by atoms with Crippen LogP contribution in [-0.4, -0.2) is 52.2 Å². The largest absolute Gasteiger partial charge is 0.444 e. The van der Waals surface area contributed by atoms with Crippen LogP contribution in [-0.2, 0) is 4.74 Å². The van der Waals surface area contributed by atoms with Gasteiger partial charge in [0.2, 0.25) is 0 Å². The lowest BCUT2D eigenvalue weighted by atomic mass is 10.2. The maximum atomic E-state index is 12.1. The molecule has 0 unspecified atom stereocenters. The third kappa shape index (κ3) is 4.20. The maximum absolute atomic E-state index is 12.1. The van der Waals surface area contributed by atoms with Gasteiger partial charge in [0, 0.05) is 31.7 Å². The molecule has 1 atom stereocenters. The number of piperazine rings is 1. The molecule has 1 aromatic rings. The summed E-state index contributed by atoms with van der Waals surface area (Å²) in [5, 5.41) is 0.418. The van der Waals surface area contributed by atoms with E-state index >= 15 is 0 Å². The van der Waals surface area contributed by atoms with E-state index in [0.29, 0.717) is 24.8 Å². The van der Waals surface area contributed by atoms with Crippen LogP contribution >= 0.6 is 11.6 Å². The summed E-state index contributed by atoms with van der Waals surface area (Å²) in [6, 6.07) is 1.87. The number of ether oxygens (including phenoxy) is 1. The predicted octanol–water partition coefficient (Wildman–Crippen LogP) is 2.58. The van der Waals surface area contributed by atoms with Crippen molar-refractivity contribution in [3.8, 4) is 0 Å². The number of nitrogens with zero attached hydrogens (tertiary/aromatic N) is 4. The van der Waals surface area contributed by atoms with Gasteiger partial charge in [-0.3, -0.25) is 0 Å². The molecule has 7 heteroatoms. The minimum absolute atomic E-state index is 0.136. The highest BCUT2D eigenvalue weighted by Gasteiger charge is 2.30. The Bertz CT molecular complexity index is 518. The summed E-state index contributed by atoms with van der Waals surface area (Å²) < 4.78 is 5.41. The molecule has 1 aliphatic rings. The molecule has 1 aromatic heterocycles. The molecule has 21 heavy (non-hydrogen) atoms. The minimum atomic E-state index is -0.475. The first-order valence-electron chi connectivity index (χ1n) is 6.98. The fraction of sp³-hybridized carbons (Fsp3) is 0.643. The SMILES string of the molecule is C[C@H]1CN(C(=O)OC(C)(C)C)CCN1c1cc(Cl)ncn1. The Labute approximate surface area is 130 Å². The van der Waals surface area contributed by atoms with Crippen LogP contribution in [0.4, 0.5) is 10.6 Å². The molecule has 0 saturated carbocycles. The van der Waals surface area contributed by atoms with E-state index in [1.54, 1.807) is 11.0 Å². The number of rotatable bonds is 1. The molecule has 2 rings (SSSR count). The quantitative estimate of drug-likeness (QED) is 0.746. The minimum Gasteiger partial charge on any atom is -0.444 e. The van der Waals surface area contributed by atoms with E-state index in [-0.39, 0.29) is 12.1 Å². The van der Waals surface area contributed by atoms with Gasteiger partial charge in [0.1, 0.15) is 22.9 Å². The van der Waals surface area contributed by atoms with Crippen molar-refractivity contribution >= 4 is 23.5 Å². The lowest BCUT2D eigenvalue weighted by molar-refractivity contribution is 0.0218. The van der Waals surface area contributed by atoms with Crippen molar-refractivity contribution in [1.29, 1.82) is 0 Å². The highest BCUT2D eigenvalue weighted by atomic mass is 35.5. The Morgan fingerprint density at radius 2 is 2.10 bits per heavy atom. The molecule has 0 aromatic carbocycles. The van der Waals surface area contributed by atoms with Gasteiger partial charge in [0.25, 0.3) is 0 Å². The van der Waals surface area contributed by atoms with Crippen LogP contribution in [0.25, 0.3) is 0 Å². The molecule has 2 heterocycles. The first-order chi connectivity index (χ1) is 9.76. The molecule has 0 N–H and O–H groups in total. The summed E-state index contributed by atoms with van der Waals surface area (Å²) in [5.41, 5.74) is -0.475. The van der Waals surface area contributed by atoms with Gasteiger partial charge in [-0.2, -0.15) is 0 Å². The summed E-state index contributed by atoms with van der Waals surface area (Å²) >= 11 is 5.90. The number of hydrogen-bond acceptors (Lipinski definition) is 5. The molecule has 1 saturated heterocycles. The number of aromatic nitrogens is 2. The second-order valence-corrected chi connectivity index (χ2v) is 6.55. The van der Waals surface area contributed by atoms with Gasteiger partial charge in [-0.1, -0.05) is 11.6 Å². The number of carbonyl (C=O) groups excluding carboxylic acids is 1. The lowest BCUT2D eigenvalue weighted by Gasteiger charge is -2.40. The Morgan fingerprint density at radius 3 is 2.67 bits per heavy atom. The second kappa shape index (κ2) is 6.05. The van der Waals surface area contributed by atoms with Crippen LogP contribution in [0, 0.1) is 0 Å². The predicted molar refractivity (Wildman–Crippen MR) is 81.7 cm³/mol. The van der Waals surface area contributed by atoms with Gasteiger partial charge < -0.3 is 14.5 Å². The van der Waals surface area contributed by atoms with Crippen molar-refractivity contribution in [2.24, 2.45) is 0 Å². The highest BCUT2D eigenvalue weighted by molar-refractivity contribution is 6.29. The zero-order valence-corrected chi connectivity index (χ0v) is 13.6. The van der Waals surface area contributed by atoms with Crippen LogP contribution in [0.5, 0.6) is 0 Å². The van der Waals surface area contributed by atoms with E-state index < -0.39 is 5.60 Å². The van der Waals surface area contributed by atoms with Gasteiger partial charge >= 0.3 is 6.09 Å². The molecule has 0 radical (unpaired) electrons. The fourth-order valence-corrected chi connectivity index (χ4v) is 2.41. The first kappa shape index (κ1) is 15.8. The second-order valence-electron chi connectivity index (χ2n) is 6.17. The Hall–Kier alpha value is -1.56. The van der Waals surface area contributed by atoms with Crippen LogP contribution in [0.1, 0.15) is 27.7 Å². The third-order valence-corrected chi connectivity index (χ3v) is 3.40. The van der Waals surface area contributed by atoms with Gasteiger partial charge in [0.15, 0.2) is 0 Å². The van der Waals surface area contributed by atoms with E-state index in [9.17, 15) is 4.79 Å². The maximum Gasteiger partial charge on any atom is 0.410 e. The third-order valence-electron chi connectivity index (χ3n) is 3.19. The molecule has 1 fully saturated rings. The zero-order chi connectivity index (χ0) is 15.6. The van der Waals surface area contributed by atoms with Gasteiger partial charge in [-0.15, -0.1) is 0 Å². The van der Waals surface area contributed by atoms with Crippen molar-refractivity contribution in [1.82, 2.24) is 14.9 Å². The van der Waals surface area contributed by atoms with Crippen molar-refractivity contribution in [2.45, 2.75) is 39.3 Å². The number of anilines is 1.